The lowest BCUT2D eigenvalue weighted by molar-refractivity contribution is -0.276. The molecule has 1 atom stereocenters. The molecule has 0 spiro atoms. The zero-order chi connectivity index (χ0) is 23.5. The smallest absolute Gasteiger partial charge is 0.138 e. The van der Waals surface area contributed by atoms with Crippen molar-refractivity contribution in [1.82, 2.24) is 9.97 Å². The van der Waals surface area contributed by atoms with Gasteiger partial charge in [0.15, 0.2) is 0 Å². The molecular formula is C27H32N2O4. The van der Waals surface area contributed by atoms with E-state index in [1.54, 1.807) is 14.2 Å². The minimum absolute atomic E-state index is 0.192. The van der Waals surface area contributed by atoms with Crippen molar-refractivity contribution >= 4 is 0 Å². The first kappa shape index (κ1) is 23.2. The van der Waals surface area contributed by atoms with Crippen molar-refractivity contribution in [3.05, 3.63) is 58.4 Å². The summed E-state index contributed by atoms with van der Waals surface area (Å²) in [5, 5.41) is 0. The van der Waals surface area contributed by atoms with Gasteiger partial charge in [0.2, 0.25) is 0 Å². The number of aromatic nitrogens is 2. The molecule has 4 rings (SSSR count). The van der Waals surface area contributed by atoms with Crippen LogP contribution < -0.4 is 9.47 Å². The van der Waals surface area contributed by atoms with Crippen LogP contribution in [0.25, 0.3) is 22.5 Å². The molecule has 174 valence electrons. The molecule has 0 amide bonds. The Hall–Kier alpha value is -2.96. The Morgan fingerprint density at radius 2 is 1.67 bits per heavy atom. The number of nitrogens with zero attached hydrogens (tertiary/aromatic N) is 2. The van der Waals surface area contributed by atoms with Gasteiger partial charge in [-0.2, -0.15) is 0 Å². The van der Waals surface area contributed by atoms with Gasteiger partial charge in [-0.3, -0.25) is 0 Å². The van der Waals surface area contributed by atoms with Crippen LogP contribution in [0.4, 0.5) is 0 Å². The van der Waals surface area contributed by atoms with Gasteiger partial charge < -0.3 is 9.47 Å². The summed E-state index contributed by atoms with van der Waals surface area (Å²) in [6.07, 6.45) is 2.06. The number of aryl methyl sites for hydroxylation is 4. The van der Waals surface area contributed by atoms with Gasteiger partial charge in [-0.1, -0.05) is 31.5 Å². The van der Waals surface area contributed by atoms with Crippen LogP contribution in [0.15, 0.2) is 30.3 Å². The van der Waals surface area contributed by atoms with E-state index in [0.29, 0.717) is 18.1 Å². The quantitative estimate of drug-likeness (QED) is 0.416. The molecule has 2 heterocycles. The molecule has 6 heteroatoms. The van der Waals surface area contributed by atoms with Gasteiger partial charge in [0.05, 0.1) is 49.2 Å². The van der Waals surface area contributed by atoms with Crippen LogP contribution in [-0.4, -0.2) is 30.8 Å². The highest BCUT2D eigenvalue weighted by Gasteiger charge is 2.29. The van der Waals surface area contributed by atoms with Crippen LogP contribution in [0.3, 0.4) is 0 Å². The summed E-state index contributed by atoms with van der Waals surface area (Å²) in [5.74, 6) is 1.38. The first-order valence-corrected chi connectivity index (χ1v) is 11.5. The number of methoxy groups -OCH3 is 2. The molecule has 33 heavy (non-hydrogen) atoms. The molecule has 0 saturated carbocycles. The summed E-state index contributed by atoms with van der Waals surface area (Å²) >= 11 is 0. The van der Waals surface area contributed by atoms with Crippen LogP contribution in [0.5, 0.6) is 11.5 Å². The van der Waals surface area contributed by atoms with Crippen molar-refractivity contribution < 1.29 is 19.2 Å². The van der Waals surface area contributed by atoms with Crippen LogP contribution in [0.1, 0.15) is 54.5 Å². The first-order valence-electron chi connectivity index (χ1n) is 11.5. The third-order valence-corrected chi connectivity index (χ3v) is 6.16. The van der Waals surface area contributed by atoms with Crippen molar-refractivity contribution in [3.63, 3.8) is 0 Å². The maximum Gasteiger partial charge on any atom is 0.138 e. The highest BCUT2D eigenvalue weighted by atomic mass is 17.2. The van der Waals surface area contributed by atoms with E-state index < -0.39 is 0 Å². The third-order valence-electron chi connectivity index (χ3n) is 6.16. The fourth-order valence-electron chi connectivity index (χ4n) is 4.39. The number of benzene rings is 2. The SMILES string of the molecule is CCc1nc(-c2c(OC)ccc(C3CCOO3)c2OC)c(CC)nc1-c1cc(C)ccc1C. The second kappa shape index (κ2) is 9.89. The van der Waals surface area contributed by atoms with Gasteiger partial charge in [-0.15, -0.1) is 0 Å². The maximum atomic E-state index is 5.93. The van der Waals surface area contributed by atoms with Crippen molar-refractivity contribution in [2.24, 2.45) is 0 Å². The average molecular weight is 449 g/mol. The van der Waals surface area contributed by atoms with Crippen LogP contribution in [-0.2, 0) is 22.6 Å². The van der Waals surface area contributed by atoms with E-state index >= 15 is 0 Å². The Kier molecular flexibility index (Phi) is 6.96. The van der Waals surface area contributed by atoms with Gasteiger partial charge in [0.25, 0.3) is 0 Å². The normalized spacial score (nSPS) is 15.6. The van der Waals surface area contributed by atoms with E-state index in [2.05, 4.69) is 45.9 Å². The molecular weight excluding hydrogens is 416 g/mol. The molecule has 6 nitrogen and oxygen atoms in total. The Bertz CT molecular complexity index is 1150. The fourth-order valence-corrected chi connectivity index (χ4v) is 4.39. The molecule has 1 aromatic heterocycles. The number of ether oxygens (including phenoxy) is 2. The van der Waals surface area contributed by atoms with E-state index in [9.17, 15) is 0 Å². The predicted molar refractivity (Wildman–Crippen MR) is 129 cm³/mol. The molecule has 1 aliphatic heterocycles. The topological polar surface area (TPSA) is 62.7 Å². The van der Waals surface area contributed by atoms with Crippen molar-refractivity contribution in [2.45, 2.75) is 53.1 Å². The lowest BCUT2D eigenvalue weighted by Crippen LogP contribution is -2.08. The lowest BCUT2D eigenvalue weighted by Gasteiger charge is -2.21. The maximum absolute atomic E-state index is 5.93. The number of hydrogen-bond acceptors (Lipinski definition) is 6. The largest absolute Gasteiger partial charge is 0.496 e. The van der Waals surface area contributed by atoms with Gasteiger partial charge in [-0.25, -0.2) is 19.7 Å². The molecule has 0 bridgehead atoms. The Morgan fingerprint density at radius 1 is 0.939 bits per heavy atom. The summed E-state index contributed by atoms with van der Waals surface area (Å²) in [6.45, 7) is 8.99. The van der Waals surface area contributed by atoms with E-state index in [1.807, 2.05) is 12.1 Å². The summed E-state index contributed by atoms with van der Waals surface area (Å²) in [7, 11) is 3.33. The highest BCUT2D eigenvalue weighted by Crippen LogP contribution is 2.46. The Labute approximate surface area is 195 Å². The molecule has 1 aliphatic rings. The van der Waals surface area contributed by atoms with Gasteiger partial charge >= 0.3 is 0 Å². The number of hydrogen-bond donors (Lipinski definition) is 0. The summed E-state index contributed by atoms with van der Waals surface area (Å²) in [4.78, 5) is 21.0. The van der Waals surface area contributed by atoms with E-state index in [0.717, 1.165) is 58.7 Å². The molecule has 2 aromatic carbocycles. The average Bonchev–Trinajstić information content (AvgIpc) is 3.38. The van der Waals surface area contributed by atoms with E-state index in [4.69, 9.17) is 29.2 Å². The highest BCUT2D eigenvalue weighted by molar-refractivity contribution is 5.79. The van der Waals surface area contributed by atoms with Crippen LogP contribution in [0, 0.1) is 13.8 Å². The second-order valence-corrected chi connectivity index (χ2v) is 8.30. The zero-order valence-electron chi connectivity index (χ0n) is 20.3. The summed E-state index contributed by atoms with van der Waals surface area (Å²) < 4.78 is 11.7. The predicted octanol–water partition coefficient (Wildman–Crippen LogP) is 5.96. The first-order chi connectivity index (χ1) is 16.0. The standard InChI is InChI=1S/C27H32N2O4/c1-7-20-25(19-15-16(3)9-10-17(19)4)28-21(8-2)26(29-20)24-23(30-5)12-11-18(27(24)31-6)22-13-14-32-33-22/h9-12,15,22H,7-8,13-14H2,1-6H3. The van der Waals surface area contributed by atoms with E-state index in [-0.39, 0.29) is 6.10 Å². The lowest BCUT2D eigenvalue weighted by atomic mass is 9.96. The Morgan fingerprint density at radius 3 is 2.30 bits per heavy atom. The molecule has 0 N–H and O–H groups in total. The van der Waals surface area contributed by atoms with Crippen molar-refractivity contribution in [1.29, 1.82) is 0 Å². The molecule has 1 fully saturated rings. The van der Waals surface area contributed by atoms with Gasteiger partial charge in [-0.05, 0) is 50.5 Å². The van der Waals surface area contributed by atoms with Crippen LogP contribution >= 0.6 is 0 Å². The molecule has 3 aromatic rings. The number of rotatable bonds is 7. The van der Waals surface area contributed by atoms with Crippen molar-refractivity contribution in [3.8, 4) is 34.0 Å². The van der Waals surface area contributed by atoms with Crippen LogP contribution in [0.2, 0.25) is 0 Å². The summed E-state index contributed by atoms with van der Waals surface area (Å²) in [5.41, 5.74) is 8.84. The molecule has 0 radical (unpaired) electrons. The monoisotopic (exact) mass is 448 g/mol. The molecule has 1 unspecified atom stereocenters. The minimum Gasteiger partial charge on any atom is -0.496 e. The van der Waals surface area contributed by atoms with E-state index in [1.165, 1.54) is 11.1 Å². The van der Waals surface area contributed by atoms with Crippen molar-refractivity contribution in [2.75, 3.05) is 20.8 Å². The molecule has 1 saturated heterocycles. The third kappa shape index (κ3) is 4.33. The van der Waals surface area contributed by atoms with Gasteiger partial charge in [0, 0.05) is 17.5 Å². The van der Waals surface area contributed by atoms with Gasteiger partial charge in [0.1, 0.15) is 17.6 Å². The second-order valence-electron chi connectivity index (χ2n) is 8.30. The fraction of sp³-hybridized carbons (Fsp3) is 0.407. The summed E-state index contributed by atoms with van der Waals surface area (Å²) in [6, 6.07) is 10.4. The molecule has 0 aliphatic carbocycles. The minimum atomic E-state index is -0.192. The Balaban J connectivity index is 1.97. The zero-order valence-corrected chi connectivity index (χ0v) is 20.3.